The van der Waals surface area contributed by atoms with E-state index in [9.17, 15) is 0 Å². The number of aryl methyl sites for hydroxylation is 1. The van der Waals surface area contributed by atoms with E-state index in [1.54, 1.807) is 14.2 Å². The second kappa shape index (κ2) is 11.9. The second-order valence-corrected chi connectivity index (χ2v) is 8.71. The van der Waals surface area contributed by atoms with Gasteiger partial charge in [-0.3, -0.25) is 4.90 Å². The van der Waals surface area contributed by atoms with E-state index in [0.717, 1.165) is 51.4 Å². The van der Waals surface area contributed by atoms with Crippen LogP contribution in [0.1, 0.15) is 17.5 Å². The SMILES string of the molecule is COc1cc(Nc2ncnc(Nc3cccc4c3C=CCC4)n2)cc(OC)c1OCCN1CCOCC1. The average molecular weight is 505 g/mol. The Bertz CT molecular complexity index is 1220. The van der Waals surface area contributed by atoms with Crippen molar-refractivity contribution in [1.82, 2.24) is 19.9 Å². The Labute approximate surface area is 216 Å². The molecule has 0 unspecified atom stereocenters. The van der Waals surface area contributed by atoms with Crippen LogP contribution in [0.5, 0.6) is 17.2 Å². The number of fused-ring (bicyclic) bond motifs is 1. The highest BCUT2D eigenvalue weighted by Crippen LogP contribution is 2.41. The molecular formula is C27H32N6O4. The summed E-state index contributed by atoms with van der Waals surface area (Å²) in [6.45, 7) is 4.65. The van der Waals surface area contributed by atoms with Gasteiger partial charge in [-0.1, -0.05) is 24.3 Å². The molecule has 2 N–H and O–H groups in total. The van der Waals surface area contributed by atoms with E-state index < -0.39 is 0 Å². The lowest BCUT2D eigenvalue weighted by molar-refractivity contribution is 0.0319. The summed E-state index contributed by atoms with van der Waals surface area (Å²) in [5.41, 5.74) is 4.15. The van der Waals surface area contributed by atoms with Gasteiger partial charge >= 0.3 is 0 Å². The fourth-order valence-corrected chi connectivity index (χ4v) is 4.44. The van der Waals surface area contributed by atoms with Crippen LogP contribution in [-0.4, -0.2) is 73.5 Å². The molecule has 1 aromatic heterocycles. The highest BCUT2D eigenvalue weighted by Gasteiger charge is 2.17. The molecule has 0 atom stereocenters. The summed E-state index contributed by atoms with van der Waals surface area (Å²) in [7, 11) is 3.21. The Hall–Kier alpha value is -3.89. The first-order chi connectivity index (χ1) is 18.2. The van der Waals surface area contributed by atoms with E-state index in [1.165, 1.54) is 17.5 Å². The van der Waals surface area contributed by atoms with Gasteiger partial charge in [-0.05, 0) is 24.5 Å². The third kappa shape index (κ3) is 6.10. The number of ether oxygens (including phenoxy) is 4. The Balaban J connectivity index is 1.29. The third-order valence-electron chi connectivity index (χ3n) is 6.35. The van der Waals surface area contributed by atoms with Crippen LogP contribution in [-0.2, 0) is 11.2 Å². The van der Waals surface area contributed by atoms with E-state index in [-0.39, 0.29) is 0 Å². The molecule has 37 heavy (non-hydrogen) atoms. The molecule has 1 saturated heterocycles. The normalized spacial score (nSPS) is 15.1. The Kier molecular flexibility index (Phi) is 7.97. The minimum absolute atomic E-state index is 0.392. The van der Waals surface area contributed by atoms with E-state index in [4.69, 9.17) is 18.9 Å². The zero-order chi connectivity index (χ0) is 25.5. The molecule has 10 nitrogen and oxygen atoms in total. The molecule has 10 heteroatoms. The number of aromatic nitrogens is 3. The largest absolute Gasteiger partial charge is 0.493 e. The maximum absolute atomic E-state index is 6.07. The number of nitrogens with zero attached hydrogens (tertiary/aromatic N) is 4. The number of allylic oxidation sites excluding steroid dienone is 1. The number of anilines is 4. The first-order valence-corrected chi connectivity index (χ1v) is 12.4. The van der Waals surface area contributed by atoms with Gasteiger partial charge in [0.2, 0.25) is 17.6 Å². The van der Waals surface area contributed by atoms with Crippen molar-refractivity contribution in [2.24, 2.45) is 0 Å². The van der Waals surface area contributed by atoms with E-state index >= 15 is 0 Å². The second-order valence-electron chi connectivity index (χ2n) is 8.71. The number of benzene rings is 2. The van der Waals surface area contributed by atoms with E-state index in [0.29, 0.717) is 41.4 Å². The molecule has 2 heterocycles. The van der Waals surface area contributed by atoms with Crippen LogP contribution in [0.2, 0.25) is 0 Å². The summed E-state index contributed by atoms with van der Waals surface area (Å²) in [4.78, 5) is 15.4. The van der Waals surface area contributed by atoms with Gasteiger partial charge in [0.15, 0.2) is 11.5 Å². The summed E-state index contributed by atoms with van der Waals surface area (Å²) in [5, 5.41) is 6.55. The minimum atomic E-state index is 0.392. The number of methoxy groups -OCH3 is 2. The van der Waals surface area contributed by atoms with Gasteiger partial charge in [-0.2, -0.15) is 4.98 Å². The summed E-state index contributed by atoms with van der Waals surface area (Å²) in [6, 6.07) is 9.90. The molecule has 0 amide bonds. The summed E-state index contributed by atoms with van der Waals surface area (Å²) in [6.07, 6.45) is 7.89. The van der Waals surface area contributed by atoms with Crippen molar-refractivity contribution in [2.45, 2.75) is 12.8 Å². The molecule has 0 radical (unpaired) electrons. The van der Waals surface area contributed by atoms with Gasteiger partial charge in [-0.15, -0.1) is 0 Å². The molecule has 2 aromatic carbocycles. The first-order valence-electron chi connectivity index (χ1n) is 12.4. The van der Waals surface area contributed by atoms with Gasteiger partial charge < -0.3 is 29.6 Å². The Morgan fingerprint density at radius 1 is 1.00 bits per heavy atom. The Morgan fingerprint density at radius 2 is 1.76 bits per heavy atom. The van der Waals surface area contributed by atoms with Crippen LogP contribution in [0, 0.1) is 0 Å². The zero-order valence-electron chi connectivity index (χ0n) is 21.2. The Morgan fingerprint density at radius 3 is 2.51 bits per heavy atom. The standard InChI is InChI=1S/C27H32N6O4/c1-34-23-16-20(17-24(35-2)25(23)37-15-12-33-10-13-36-14-11-33)30-26-28-18-29-27(32-26)31-22-9-5-7-19-6-3-4-8-21(19)22/h4-5,7-9,16-18H,3,6,10-15H2,1-2H3,(H2,28,29,30,31,32). The highest BCUT2D eigenvalue weighted by atomic mass is 16.5. The topological polar surface area (TPSA) is 103 Å². The molecule has 194 valence electrons. The number of nitrogens with one attached hydrogen (secondary N) is 2. The lowest BCUT2D eigenvalue weighted by atomic mass is 9.96. The fourth-order valence-electron chi connectivity index (χ4n) is 4.44. The van der Waals surface area contributed by atoms with Crippen LogP contribution in [0.15, 0.2) is 42.7 Å². The molecule has 5 rings (SSSR count). The monoisotopic (exact) mass is 504 g/mol. The maximum Gasteiger partial charge on any atom is 0.232 e. The molecule has 3 aromatic rings. The van der Waals surface area contributed by atoms with Crippen molar-refractivity contribution >= 4 is 29.3 Å². The highest BCUT2D eigenvalue weighted by molar-refractivity contribution is 5.74. The van der Waals surface area contributed by atoms with Crippen LogP contribution in [0.4, 0.5) is 23.3 Å². The minimum Gasteiger partial charge on any atom is -0.493 e. The van der Waals surface area contributed by atoms with Crippen LogP contribution < -0.4 is 24.8 Å². The summed E-state index contributed by atoms with van der Waals surface area (Å²) in [5.74, 6) is 2.51. The van der Waals surface area contributed by atoms with Gasteiger partial charge in [-0.25, -0.2) is 9.97 Å². The molecule has 1 aliphatic carbocycles. The molecule has 0 bridgehead atoms. The molecule has 0 spiro atoms. The van der Waals surface area contributed by atoms with Gasteiger partial charge in [0.1, 0.15) is 12.9 Å². The molecule has 0 saturated carbocycles. The van der Waals surface area contributed by atoms with E-state index in [2.05, 4.69) is 48.7 Å². The molecule has 1 fully saturated rings. The lowest BCUT2D eigenvalue weighted by Gasteiger charge is -2.26. The number of hydrogen-bond donors (Lipinski definition) is 2. The third-order valence-corrected chi connectivity index (χ3v) is 6.35. The van der Waals surface area contributed by atoms with Crippen molar-refractivity contribution in [3.8, 4) is 17.2 Å². The predicted octanol–water partition coefficient (Wildman–Crippen LogP) is 4.05. The van der Waals surface area contributed by atoms with E-state index in [1.807, 2.05) is 24.3 Å². The number of hydrogen-bond acceptors (Lipinski definition) is 10. The maximum atomic E-state index is 6.07. The number of rotatable bonds is 10. The van der Waals surface area contributed by atoms with Crippen molar-refractivity contribution in [3.05, 3.63) is 53.9 Å². The first kappa shape index (κ1) is 24.8. The predicted molar refractivity (Wildman–Crippen MR) is 142 cm³/mol. The average Bonchev–Trinajstić information content (AvgIpc) is 2.94. The van der Waals surface area contributed by atoms with Crippen molar-refractivity contribution in [1.29, 1.82) is 0 Å². The van der Waals surface area contributed by atoms with Gasteiger partial charge in [0.25, 0.3) is 0 Å². The zero-order valence-corrected chi connectivity index (χ0v) is 21.2. The van der Waals surface area contributed by atoms with Crippen LogP contribution in [0.3, 0.4) is 0 Å². The van der Waals surface area contributed by atoms with Crippen molar-refractivity contribution in [2.75, 3.05) is 64.3 Å². The molecular weight excluding hydrogens is 472 g/mol. The lowest BCUT2D eigenvalue weighted by Crippen LogP contribution is -2.38. The number of morpholine rings is 1. The van der Waals surface area contributed by atoms with Gasteiger partial charge in [0.05, 0.1) is 27.4 Å². The quantitative estimate of drug-likeness (QED) is 0.420. The summed E-state index contributed by atoms with van der Waals surface area (Å²) < 4.78 is 22.7. The van der Waals surface area contributed by atoms with Crippen LogP contribution in [0.25, 0.3) is 6.08 Å². The summed E-state index contributed by atoms with van der Waals surface area (Å²) >= 11 is 0. The van der Waals surface area contributed by atoms with Gasteiger partial charge in [0, 0.05) is 48.7 Å². The fraction of sp³-hybridized carbons (Fsp3) is 0.370. The van der Waals surface area contributed by atoms with Crippen molar-refractivity contribution in [3.63, 3.8) is 0 Å². The molecule has 2 aliphatic rings. The smallest absolute Gasteiger partial charge is 0.232 e. The van der Waals surface area contributed by atoms with Crippen LogP contribution >= 0.6 is 0 Å². The molecule has 1 aliphatic heterocycles. The van der Waals surface area contributed by atoms with Crippen molar-refractivity contribution < 1.29 is 18.9 Å².